The largest absolute Gasteiger partial charge is 1.00 e. The third-order valence-corrected chi connectivity index (χ3v) is 17.2. The number of benzene rings is 12. The summed E-state index contributed by atoms with van der Waals surface area (Å²) in [6.45, 7) is 5.65. The minimum absolute atomic E-state index is 0. The Morgan fingerprint density at radius 2 is 0.802 bits per heavy atom. The van der Waals surface area contributed by atoms with Crippen molar-refractivity contribution in [3.8, 4) is 51.6 Å². The quantitative estimate of drug-likeness (QED) is 0.0173. The Balaban J connectivity index is 0.000000524. The Kier molecular flexibility index (Phi) is 41.7. The van der Waals surface area contributed by atoms with Gasteiger partial charge in [-0.15, -0.1) is 0 Å². The summed E-state index contributed by atoms with van der Waals surface area (Å²) in [5.74, 6) is -0.610. The van der Waals surface area contributed by atoms with E-state index < -0.39 is 58.4 Å². The molecule has 0 saturated heterocycles. The summed E-state index contributed by atoms with van der Waals surface area (Å²) >= 11 is 3.01. The van der Waals surface area contributed by atoms with Gasteiger partial charge < -0.3 is 59.5 Å². The summed E-state index contributed by atoms with van der Waals surface area (Å²) in [5.41, 5.74) is 5.84. The summed E-state index contributed by atoms with van der Waals surface area (Å²) < 4.78 is 117. The Morgan fingerprint density at radius 3 is 1.18 bits per heavy atom. The second-order valence-corrected chi connectivity index (χ2v) is 24.5. The molecule has 590 valence electrons. The zero-order valence-electron chi connectivity index (χ0n) is 61.6. The van der Waals surface area contributed by atoms with Gasteiger partial charge in [0.2, 0.25) is 29.9 Å². The Hall–Kier alpha value is -8.21. The first kappa shape index (κ1) is 102. The van der Waals surface area contributed by atoms with Crippen molar-refractivity contribution in [3.05, 3.63) is 288 Å². The van der Waals surface area contributed by atoms with Gasteiger partial charge in [-0.05, 0) is 150 Å². The minimum Gasteiger partial charge on any atom is -1.00 e. The number of hydrogen-bond donors (Lipinski definition) is 2. The number of carbonyl (C=O) groups is 4. The number of aromatic nitrogens is 3. The number of ether oxygens (including phenoxy) is 4. The molecule has 15 rings (SSSR count). The Morgan fingerprint density at radius 1 is 0.474 bits per heavy atom. The van der Waals surface area contributed by atoms with Crippen molar-refractivity contribution < 1.29 is 262 Å². The van der Waals surface area contributed by atoms with E-state index in [2.05, 4.69) is 35.8 Å². The van der Waals surface area contributed by atoms with Crippen LogP contribution in [0.25, 0.3) is 100.0 Å². The van der Waals surface area contributed by atoms with Crippen molar-refractivity contribution in [2.75, 3.05) is 13.2 Å². The molecule has 0 radical (unpaired) electrons. The maximum Gasteiger partial charge on any atom is 1.00 e. The SMILES string of the molecule is C.C.C.C.CCOC(=O)C(Br)c1cccc(C(F)(F)F)c1.CCOC(=O)C(Oc1cc2ccccc2cc1-c1nc2ccccc2o1)c1cccc(C)c1.O=C(O)C(Oc1cc2ccccc2cc1-c1nc2ccccc2o1)c1cccc(C(F)(F)F)c1.O=CO[O-].Oc1cc2ccccc2cc1-c1nc2ccccc2o1.[Cs+].[Cs+].[H-].[Li+].[OH-]. The molecule has 3 aromatic heterocycles. The van der Waals surface area contributed by atoms with E-state index in [1.807, 2.05) is 171 Å². The van der Waals surface area contributed by atoms with Crippen molar-refractivity contribution in [3.63, 3.8) is 0 Å². The van der Waals surface area contributed by atoms with Gasteiger partial charge in [0, 0.05) is 11.1 Å². The van der Waals surface area contributed by atoms with Gasteiger partial charge in [0.05, 0.1) is 41.0 Å². The number of hydrogen-bond acceptors (Lipinski definition) is 18. The summed E-state index contributed by atoms with van der Waals surface area (Å²) in [7, 11) is 0. The number of aliphatic carboxylic acids is 1. The van der Waals surface area contributed by atoms with Gasteiger partial charge in [-0.1, -0.05) is 215 Å². The number of esters is 2. The summed E-state index contributed by atoms with van der Waals surface area (Å²) in [6.07, 6.45) is -11.6. The predicted molar refractivity (Wildman–Crippen MR) is 423 cm³/mol. The Bertz CT molecular complexity index is 5640. The Labute approximate surface area is 804 Å². The van der Waals surface area contributed by atoms with Crippen LogP contribution in [-0.4, -0.2) is 68.2 Å². The van der Waals surface area contributed by atoms with E-state index in [9.17, 15) is 50.9 Å². The van der Waals surface area contributed by atoms with Gasteiger partial charge in [0.15, 0.2) is 16.7 Å². The van der Waals surface area contributed by atoms with E-state index in [1.54, 1.807) is 56.3 Å². The van der Waals surface area contributed by atoms with Crippen LogP contribution in [0.2, 0.25) is 0 Å². The second-order valence-electron chi connectivity index (χ2n) is 23.6. The number of phenolic OH excluding ortho intramolecular Hbond substituents is 1. The molecule has 116 heavy (non-hydrogen) atoms. The van der Waals surface area contributed by atoms with Crippen molar-refractivity contribution in [1.29, 1.82) is 0 Å². The van der Waals surface area contributed by atoms with Crippen LogP contribution in [0.3, 0.4) is 0 Å². The van der Waals surface area contributed by atoms with Crippen molar-refractivity contribution in [2.45, 2.75) is 79.9 Å². The van der Waals surface area contributed by atoms with Crippen LogP contribution in [0.15, 0.2) is 268 Å². The fourth-order valence-electron chi connectivity index (χ4n) is 11.3. The monoisotopic (exact) mass is 1890 g/mol. The van der Waals surface area contributed by atoms with E-state index in [0.717, 1.165) is 90.4 Å². The third kappa shape index (κ3) is 26.1. The van der Waals surface area contributed by atoms with Gasteiger partial charge >= 0.3 is 187 Å². The average molecular weight is 1890 g/mol. The smallest absolute Gasteiger partial charge is 1.00 e. The van der Waals surface area contributed by atoms with E-state index in [1.165, 1.54) is 18.2 Å². The van der Waals surface area contributed by atoms with Crippen LogP contribution >= 0.6 is 15.9 Å². The predicted octanol–water partition coefficient (Wildman–Crippen LogP) is 13.5. The molecule has 0 spiro atoms. The molecular weight excluding hydrogens is 1810 g/mol. The number of rotatable bonds is 16. The molecule has 3 atom stereocenters. The molecule has 29 heteroatoms. The van der Waals surface area contributed by atoms with Crippen molar-refractivity contribution >= 4 is 106 Å². The molecule has 0 fully saturated rings. The zero-order chi connectivity index (χ0) is 76.7. The molecule has 15 aromatic rings. The molecule has 0 bridgehead atoms. The number of carbonyl (C=O) groups excluding carboxylic acids is 3. The first-order valence-corrected chi connectivity index (χ1v) is 33.9. The van der Waals surface area contributed by atoms with Crippen LogP contribution < -0.4 is 171 Å². The maximum absolute atomic E-state index is 13.2. The van der Waals surface area contributed by atoms with E-state index >= 15 is 0 Å². The first-order chi connectivity index (χ1) is 52.0. The fraction of sp³-hybridized carbons (Fsp3) is 0.161. The molecule has 19 nitrogen and oxygen atoms in total. The molecule has 0 saturated carbocycles. The van der Waals surface area contributed by atoms with E-state index in [-0.39, 0.29) is 241 Å². The summed E-state index contributed by atoms with van der Waals surface area (Å²) in [4.78, 5) is 60.3. The molecule has 0 aliphatic carbocycles. The van der Waals surface area contributed by atoms with Gasteiger partial charge in [-0.2, -0.15) is 26.3 Å². The number of nitrogens with zero attached hydrogens (tertiary/aromatic N) is 3. The third-order valence-electron chi connectivity index (χ3n) is 16.2. The average Bonchev–Trinajstić information content (AvgIpc) is 1.78. The topological polar surface area (TPSA) is 286 Å². The number of alkyl halides is 7. The number of aryl methyl sites for hydroxylation is 1. The van der Waals surface area contributed by atoms with Crippen LogP contribution in [0.4, 0.5) is 26.3 Å². The zero-order valence-corrected chi connectivity index (χ0v) is 74.8. The number of aromatic hydroxyl groups is 1. The molecule has 3 heterocycles. The van der Waals surface area contributed by atoms with Crippen LogP contribution in [0.1, 0.15) is 95.4 Å². The fourth-order valence-corrected chi connectivity index (χ4v) is 11.7. The number of halogens is 7. The van der Waals surface area contributed by atoms with Crippen molar-refractivity contribution in [1.82, 2.24) is 15.0 Å². The molecule has 0 amide bonds. The van der Waals surface area contributed by atoms with Crippen LogP contribution in [-0.2, 0) is 45.9 Å². The van der Waals surface area contributed by atoms with Crippen LogP contribution in [0, 0.1) is 6.92 Å². The van der Waals surface area contributed by atoms with Gasteiger partial charge in [-0.25, -0.2) is 24.5 Å². The first-order valence-electron chi connectivity index (χ1n) is 33.0. The number of phenols is 1. The number of para-hydroxylation sites is 6. The molecule has 3 unspecified atom stereocenters. The molecule has 0 aliphatic rings. The minimum atomic E-state index is -4.62. The summed E-state index contributed by atoms with van der Waals surface area (Å²) in [6, 6.07) is 72.7. The molecular formula is C87H79BrCs2F6LiN3O16. The van der Waals surface area contributed by atoms with Crippen LogP contribution in [0.5, 0.6) is 17.2 Å². The number of oxazole rings is 3. The van der Waals surface area contributed by atoms with Gasteiger partial charge in [0.25, 0.3) is 6.47 Å². The molecule has 0 aliphatic heterocycles. The number of carboxylic acids is 1. The van der Waals surface area contributed by atoms with Gasteiger partial charge in [-0.3, -0.25) is 9.59 Å². The molecule has 12 aromatic carbocycles. The summed E-state index contributed by atoms with van der Waals surface area (Å²) in [5, 5.41) is 34.1. The number of fused-ring (bicyclic) bond motifs is 6. The maximum atomic E-state index is 13.2. The van der Waals surface area contributed by atoms with E-state index in [4.69, 9.17) is 42.3 Å². The van der Waals surface area contributed by atoms with Gasteiger partial charge in [0.1, 0.15) is 38.6 Å². The number of carboxylic acid groups (broad SMARTS) is 1. The second kappa shape index (κ2) is 47.4. The van der Waals surface area contributed by atoms with Crippen molar-refractivity contribution in [2.24, 2.45) is 0 Å². The molecule has 3 N–H and O–H groups in total. The van der Waals surface area contributed by atoms with E-state index in [0.29, 0.717) is 50.9 Å². The normalized spacial score (nSPS) is 11.2. The standard InChI is InChI=1S/C28H23NO4.C26H16F3NO4.C17H11NO2.C11H10BrF3O2.CH2O3.4CH4.2Cs.Li.H2O.H/c1-3-31-28(30)26(21-12-8-9-18(2)15-21)32-25-17-20-11-5-4-10-19(20)16-22(25)27-29-23-13-6-7-14-24(23)33-27;27-26(28,29)18-9-5-8-17(12-18)23(25(31)32)33-22-14-16-7-2-1-6-15(16)13-19(22)24-30-20-10-3-4-11-21(20)34-24;19-15-10-12-6-2-1-5-11(12)9-13(15)17-18-14-7-3-4-8-16(14)20-17;1-2-17-10(16)9(12)7-4-3-5-8(6-7)11(13,14)15;2-1-4-3;;;;;;;;;/h4-17,26H,3H2,1-2H3;1-14,23H,(H,31,32);1-10,19H;3-6,9H,2H2,1H3;1,3H;4*1H4;;;;1H2;/q;;;;;;;;;3*+1;;-1/p-2.